The second-order valence-corrected chi connectivity index (χ2v) is 11.5. The molecule has 5 rings (SSSR count). The summed E-state index contributed by atoms with van der Waals surface area (Å²) in [4.78, 5) is 19.3. The highest BCUT2D eigenvalue weighted by Crippen LogP contribution is 2.40. The van der Waals surface area contributed by atoms with E-state index >= 15 is 0 Å². The predicted octanol–water partition coefficient (Wildman–Crippen LogP) is 2.59. The minimum Gasteiger partial charge on any atom is -0.454 e. The number of amidine groups is 1. The number of amides is 1. The lowest BCUT2D eigenvalue weighted by atomic mass is 9.89. The van der Waals surface area contributed by atoms with E-state index in [4.69, 9.17) is 9.47 Å². The van der Waals surface area contributed by atoms with Crippen LogP contribution in [0.25, 0.3) is 0 Å². The first-order valence-corrected chi connectivity index (χ1v) is 12.8. The monoisotopic (exact) mass is 436 g/mol. The van der Waals surface area contributed by atoms with Crippen molar-refractivity contribution in [1.82, 2.24) is 4.90 Å². The molecular weight excluding hydrogens is 412 g/mol. The van der Waals surface area contributed by atoms with Gasteiger partial charge in [0.2, 0.25) is 6.79 Å². The highest BCUT2D eigenvalue weighted by Gasteiger charge is 2.48. The molecule has 0 radical (unpaired) electrons. The van der Waals surface area contributed by atoms with Gasteiger partial charge < -0.3 is 14.4 Å². The minimum atomic E-state index is -3.06. The molecule has 0 spiro atoms. The molecule has 0 bridgehead atoms. The van der Waals surface area contributed by atoms with Crippen molar-refractivity contribution in [2.75, 3.05) is 18.3 Å². The van der Waals surface area contributed by atoms with Gasteiger partial charge in [-0.25, -0.2) is 8.42 Å². The molecule has 1 saturated carbocycles. The lowest BCUT2D eigenvalue weighted by Gasteiger charge is -2.25. The number of fused-ring (bicyclic) bond motifs is 2. The lowest BCUT2D eigenvalue weighted by molar-refractivity contribution is -0.122. The van der Waals surface area contributed by atoms with Crippen molar-refractivity contribution in [2.24, 2.45) is 10.9 Å². The van der Waals surface area contributed by atoms with Crippen molar-refractivity contribution in [1.29, 1.82) is 0 Å². The maximum atomic E-state index is 12.8. The topological polar surface area (TPSA) is 85.3 Å². The Labute approximate surface area is 174 Å². The van der Waals surface area contributed by atoms with Crippen molar-refractivity contribution in [3.05, 3.63) is 23.8 Å². The average Bonchev–Trinajstić information content (AvgIpc) is 3.36. The summed E-state index contributed by atoms with van der Waals surface area (Å²) in [7, 11) is -3.06. The zero-order valence-corrected chi connectivity index (χ0v) is 17.7. The second-order valence-electron chi connectivity index (χ2n) is 8.18. The molecule has 0 aromatic heterocycles. The van der Waals surface area contributed by atoms with E-state index in [1.807, 2.05) is 23.1 Å². The van der Waals surface area contributed by atoms with E-state index < -0.39 is 9.84 Å². The molecule has 29 heavy (non-hydrogen) atoms. The molecule has 2 atom stereocenters. The first-order valence-electron chi connectivity index (χ1n) is 10.1. The number of hydrogen-bond acceptors (Lipinski definition) is 6. The second kappa shape index (κ2) is 7.50. The Morgan fingerprint density at radius 3 is 2.76 bits per heavy atom. The van der Waals surface area contributed by atoms with Crippen molar-refractivity contribution >= 4 is 32.7 Å². The molecule has 2 saturated heterocycles. The summed E-state index contributed by atoms with van der Waals surface area (Å²) in [5, 5.41) is 0.607. The third-order valence-corrected chi connectivity index (χ3v) is 9.37. The van der Waals surface area contributed by atoms with Gasteiger partial charge in [0.25, 0.3) is 5.91 Å². The van der Waals surface area contributed by atoms with E-state index in [0.717, 1.165) is 31.2 Å². The van der Waals surface area contributed by atoms with Gasteiger partial charge in [0.1, 0.15) is 0 Å². The van der Waals surface area contributed by atoms with Gasteiger partial charge in [-0.2, -0.15) is 4.99 Å². The fourth-order valence-corrected chi connectivity index (χ4v) is 8.55. The minimum absolute atomic E-state index is 0.00779. The zero-order valence-electron chi connectivity index (χ0n) is 16.1. The summed E-state index contributed by atoms with van der Waals surface area (Å²) in [5.41, 5.74) is 0.984. The van der Waals surface area contributed by atoms with E-state index in [0.29, 0.717) is 23.2 Å². The average molecular weight is 437 g/mol. The molecule has 3 aliphatic heterocycles. The van der Waals surface area contributed by atoms with Crippen LogP contribution in [0.15, 0.2) is 23.2 Å². The summed E-state index contributed by atoms with van der Waals surface area (Å²) in [6, 6.07) is 5.60. The third kappa shape index (κ3) is 3.86. The molecule has 3 fully saturated rings. The van der Waals surface area contributed by atoms with E-state index in [1.165, 1.54) is 18.2 Å². The summed E-state index contributed by atoms with van der Waals surface area (Å²) in [5.74, 6) is 1.63. The number of ether oxygens (including phenoxy) is 2. The van der Waals surface area contributed by atoms with Gasteiger partial charge in [0, 0.05) is 17.7 Å². The molecular formula is C20H24N2O5S2. The molecule has 1 aromatic carbocycles. The van der Waals surface area contributed by atoms with E-state index in [-0.39, 0.29) is 41.4 Å². The molecule has 0 unspecified atom stereocenters. The van der Waals surface area contributed by atoms with Crippen LogP contribution in [0.4, 0.5) is 0 Å². The molecule has 7 nitrogen and oxygen atoms in total. The van der Waals surface area contributed by atoms with Crippen molar-refractivity contribution in [3.8, 4) is 11.5 Å². The standard InChI is InChI=1S/C20H24N2O5S2/c23-19(14-4-2-1-3-5-14)21-20-22(15-10-29(24,25)11-18(15)28-20)9-13-6-7-16-17(8-13)27-12-26-16/h6-8,14-15,18H,1-5,9-12H2/t15-,18+/m1/s1. The predicted molar refractivity (Wildman–Crippen MR) is 111 cm³/mol. The van der Waals surface area contributed by atoms with Gasteiger partial charge in [-0.3, -0.25) is 4.79 Å². The SMILES string of the molecule is O=C(N=C1S[C@H]2CS(=O)(=O)C[C@H]2N1Cc1ccc2c(c1)OCO2)C1CCCCC1. The van der Waals surface area contributed by atoms with Crippen molar-refractivity contribution in [3.63, 3.8) is 0 Å². The maximum Gasteiger partial charge on any atom is 0.251 e. The number of carbonyl (C=O) groups is 1. The van der Waals surface area contributed by atoms with Crippen molar-refractivity contribution < 1.29 is 22.7 Å². The normalized spacial score (nSPS) is 29.4. The Bertz CT molecular complexity index is 956. The van der Waals surface area contributed by atoms with E-state index in [1.54, 1.807) is 0 Å². The maximum absolute atomic E-state index is 12.8. The van der Waals surface area contributed by atoms with Crippen LogP contribution in [-0.2, 0) is 21.2 Å². The molecule has 9 heteroatoms. The molecule has 1 aliphatic carbocycles. The smallest absolute Gasteiger partial charge is 0.251 e. The molecule has 4 aliphatic rings. The largest absolute Gasteiger partial charge is 0.454 e. The molecule has 3 heterocycles. The van der Waals surface area contributed by atoms with Crippen LogP contribution in [-0.4, -0.2) is 54.0 Å². The van der Waals surface area contributed by atoms with Crippen LogP contribution < -0.4 is 9.47 Å². The van der Waals surface area contributed by atoms with Gasteiger partial charge in [0.15, 0.2) is 26.5 Å². The summed E-state index contributed by atoms with van der Waals surface area (Å²) in [6.07, 6.45) is 5.16. The van der Waals surface area contributed by atoms with Gasteiger partial charge in [0.05, 0.1) is 17.5 Å². The van der Waals surface area contributed by atoms with Gasteiger partial charge >= 0.3 is 0 Å². The number of nitrogens with zero attached hydrogens (tertiary/aromatic N) is 2. The molecule has 1 aromatic rings. The first-order chi connectivity index (χ1) is 14.0. The van der Waals surface area contributed by atoms with Gasteiger partial charge in [-0.05, 0) is 30.5 Å². The number of benzene rings is 1. The number of hydrogen-bond donors (Lipinski definition) is 0. The Balaban J connectivity index is 1.41. The summed E-state index contributed by atoms with van der Waals surface area (Å²) < 4.78 is 35.2. The fourth-order valence-electron chi connectivity index (χ4n) is 4.59. The Kier molecular flexibility index (Phi) is 4.98. The summed E-state index contributed by atoms with van der Waals surface area (Å²) >= 11 is 1.45. The highest BCUT2D eigenvalue weighted by atomic mass is 32.2. The number of sulfone groups is 1. The highest BCUT2D eigenvalue weighted by molar-refractivity contribution is 8.15. The van der Waals surface area contributed by atoms with Crippen molar-refractivity contribution in [2.45, 2.75) is 49.9 Å². The number of thioether (sulfide) groups is 1. The van der Waals surface area contributed by atoms with Gasteiger partial charge in [-0.15, -0.1) is 0 Å². The van der Waals surface area contributed by atoms with Crippen LogP contribution in [0.2, 0.25) is 0 Å². The van der Waals surface area contributed by atoms with Crippen LogP contribution in [0.3, 0.4) is 0 Å². The molecule has 156 valence electrons. The quantitative estimate of drug-likeness (QED) is 0.720. The molecule has 1 amide bonds. The van der Waals surface area contributed by atoms with Crippen LogP contribution in [0.5, 0.6) is 11.5 Å². The zero-order chi connectivity index (χ0) is 20.0. The number of aliphatic imine (C=N–C) groups is 1. The Hall–Kier alpha value is -1.74. The Morgan fingerprint density at radius 2 is 1.93 bits per heavy atom. The Morgan fingerprint density at radius 1 is 1.14 bits per heavy atom. The molecule has 0 N–H and O–H groups in total. The number of rotatable bonds is 3. The van der Waals surface area contributed by atoms with Crippen LogP contribution in [0.1, 0.15) is 37.7 Å². The first kappa shape index (κ1) is 19.2. The van der Waals surface area contributed by atoms with Gasteiger partial charge in [-0.1, -0.05) is 37.1 Å². The lowest BCUT2D eigenvalue weighted by Crippen LogP contribution is -2.37. The van der Waals surface area contributed by atoms with Crippen LogP contribution >= 0.6 is 11.8 Å². The van der Waals surface area contributed by atoms with E-state index in [9.17, 15) is 13.2 Å². The summed E-state index contributed by atoms with van der Waals surface area (Å²) in [6.45, 7) is 0.709. The number of carbonyl (C=O) groups excluding carboxylic acids is 1. The van der Waals surface area contributed by atoms with Crippen LogP contribution in [0, 0.1) is 5.92 Å². The third-order valence-electron chi connectivity index (χ3n) is 6.13. The fraction of sp³-hybridized carbons (Fsp3) is 0.600. The van der Waals surface area contributed by atoms with E-state index in [2.05, 4.69) is 4.99 Å².